The summed E-state index contributed by atoms with van der Waals surface area (Å²) in [5.74, 6) is 1.01. The summed E-state index contributed by atoms with van der Waals surface area (Å²) >= 11 is 0. The maximum atomic E-state index is 13.7. The maximum Gasteiger partial charge on any atom is 0.332 e. The zero-order valence-corrected chi connectivity index (χ0v) is 20.1. The zero-order chi connectivity index (χ0) is 24.2. The van der Waals surface area contributed by atoms with E-state index in [0.717, 1.165) is 30.6 Å². The zero-order valence-electron chi connectivity index (χ0n) is 20.1. The molecule has 0 radical (unpaired) electrons. The molecule has 2 aliphatic heterocycles. The van der Waals surface area contributed by atoms with Crippen LogP contribution in [0.5, 0.6) is 0 Å². The molecule has 0 amide bonds. The SMILES string of the molecule is CCn1c(N2CCCC(N)C2)nc2c1c(=O)n(CC1=Nc3ccccc3C(C)(C)O1)c(=O)n2C. The van der Waals surface area contributed by atoms with Crippen LogP contribution < -0.4 is 21.9 Å². The second-order valence-electron chi connectivity index (χ2n) is 9.54. The van der Waals surface area contributed by atoms with Gasteiger partial charge in [0.05, 0.1) is 5.69 Å². The van der Waals surface area contributed by atoms with Crippen LogP contribution in [0, 0.1) is 0 Å². The number of imidazole rings is 1. The van der Waals surface area contributed by atoms with Crippen LogP contribution in [0.4, 0.5) is 11.6 Å². The van der Waals surface area contributed by atoms with Crippen molar-refractivity contribution in [3.63, 3.8) is 0 Å². The number of nitrogens with two attached hydrogens (primary N) is 1. The normalized spacial score (nSPS) is 19.6. The molecule has 34 heavy (non-hydrogen) atoms. The third kappa shape index (κ3) is 3.53. The number of aliphatic imine (C=N–C) groups is 1. The highest BCUT2D eigenvalue weighted by molar-refractivity contribution is 5.83. The number of nitrogens with zero attached hydrogens (tertiary/aromatic N) is 6. The topological polar surface area (TPSA) is 113 Å². The Hall–Kier alpha value is -3.40. The predicted molar refractivity (Wildman–Crippen MR) is 132 cm³/mol. The van der Waals surface area contributed by atoms with Gasteiger partial charge in [0, 0.05) is 38.3 Å². The lowest BCUT2D eigenvalue weighted by Crippen LogP contribution is -2.44. The van der Waals surface area contributed by atoms with Crippen LogP contribution in [-0.2, 0) is 30.5 Å². The number of benzene rings is 1. The molecule has 3 aromatic rings. The van der Waals surface area contributed by atoms with Crippen LogP contribution >= 0.6 is 0 Å². The van der Waals surface area contributed by atoms with Gasteiger partial charge in [0.1, 0.15) is 12.1 Å². The highest BCUT2D eigenvalue weighted by atomic mass is 16.5. The monoisotopic (exact) mass is 465 g/mol. The van der Waals surface area contributed by atoms with Crippen LogP contribution in [-0.4, -0.2) is 43.7 Å². The minimum atomic E-state index is -0.627. The van der Waals surface area contributed by atoms with Gasteiger partial charge in [-0.3, -0.25) is 9.36 Å². The molecule has 10 nitrogen and oxygen atoms in total. The van der Waals surface area contributed by atoms with Gasteiger partial charge in [0.15, 0.2) is 11.2 Å². The number of fused-ring (bicyclic) bond motifs is 2. The number of para-hydroxylation sites is 1. The maximum absolute atomic E-state index is 13.7. The van der Waals surface area contributed by atoms with Crippen LogP contribution in [0.25, 0.3) is 11.2 Å². The number of anilines is 1. The molecular formula is C24H31N7O3. The van der Waals surface area contributed by atoms with Crippen molar-refractivity contribution < 1.29 is 4.74 Å². The Morgan fingerprint density at radius 1 is 1.21 bits per heavy atom. The lowest BCUT2D eigenvalue weighted by atomic mass is 9.95. The third-order valence-electron chi connectivity index (χ3n) is 6.73. The van der Waals surface area contributed by atoms with E-state index in [9.17, 15) is 9.59 Å². The van der Waals surface area contributed by atoms with Gasteiger partial charge >= 0.3 is 5.69 Å². The molecule has 180 valence electrons. The van der Waals surface area contributed by atoms with E-state index in [1.165, 1.54) is 9.13 Å². The first-order valence-electron chi connectivity index (χ1n) is 11.8. The second-order valence-corrected chi connectivity index (χ2v) is 9.54. The third-order valence-corrected chi connectivity index (χ3v) is 6.73. The first-order valence-corrected chi connectivity index (χ1v) is 11.8. The van der Waals surface area contributed by atoms with Crippen LogP contribution in [0.15, 0.2) is 38.8 Å². The van der Waals surface area contributed by atoms with Crippen molar-refractivity contribution in [1.82, 2.24) is 18.7 Å². The van der Waals surface area contributed by atoms with E-state index in [2.05, 4.69) is 9.89 Å². The smallest absolute Gasteiger partial charge is 0.332 e. The standard InChI is InChI=1S/C24H31N7O3/c1-5-30-19-20(27-22(30)29-12-8-9-15(25)13-29)28(4)23(33)31(21(19)32)14-18-26-17-11-7-6-10-16(17)24(2,3)34-18/h6-7,10-11,15H,5,8-9,12-14,25H2,1-4H3. The largest absolute Gasteiger partial charge is 0.468 e. The Labute approximate surface area is 197 Å². The first-order chi connectivity index (χ1) is 16.2. The quantitative estimate of drug-likeness (QED) is 0.629. The lowest BCUT2D eigenvalue weighted by molar-refractivity contribution is 0.0845. The molecule has 0 saturated carbocycles. The molecule has 0 spiro atoms. The molecule has 5 rings (SSSR count). The van der Waals surface area contributed by atoms with E-state index in [0.29, 0.717) is 36.1 Å². The summed E-state index contributed by atoms with van der Waals surface area (Å²) in [5, 5.41) is 0. The molecule has 0 bridgehead atoms. The van der Waals surface area contributed by atoms with Crippen molar-refractivity contribution in [3.05, 3.63) is 50.7 Å². The van der Waals surface area contributed by atoms with E-state index in [4.69, 9.17) is 15.5 Å². The van der Waals surface area contributed by atoms with Crippen molar-refractivity contribution in [2.75, 3.05) is 18.0 Å². The van der Waals surface area contributed by atoms with Crippen molar-refractivity contribution in [1.29, 1.82) is 0 Å². The minimum Gasteiger partial charge on any atom is -0.468 e. The number of piperidine rings is 1. The summed E-state index contributed by atoms with van der Waals surface area (Å²) in [6.07, 6.45) is 1.93. The molecule has 2 aliphatic rings. The van der Waals surface area contributed by atoms with E-state index < -0.39 is 16.9 Å². The molecule has 2 aromatic heterocycles. The number of aromatic nitrogens is 4. The van der Waals surface area contributed by atoms with Crippen molar-refractivity contribution in [2.45, 2.75) is 58.3 Å². The second kappa shape index (κ2) is 8.12. The molecule has 1 atom stereocenters. The molecule has 1 fully saturated rings. The fourth-order valence-corrected chi connectivity index (χ4v) is 5.02. The van der Waals surface area contributed by atoms with Crippen LogP contribution in [0.1, 0.15) is 39.2 Å². The van der Waals surface area contributed by atoms with Crippen molar-refractivity contribution in [3.8, 4) is 0 Å². The molecule has 1 saturated heterocycles. The summed E-state index contributed by atoms with van der Waals surface area (Å²) in [4.78, 5) is 38.3. The Balaban J connectivity index is 1.63. The van der Waals surface area contributed by atoms with Crippen molar-refractivity contribution in [2.24, 2.45) is 17.8 Å². The molecule has 0 aliphatic carbocycles. The predicted octanol–water partition coefficient (Wildman–Crippen LogP) is 1.84. The van der Waals surface area contributed by atoms with Gasteiger partial charge in [0.25, 0.3) is 5.56 Å². The average Bonchev–Trinajstić information content (AvgIpc) is 3.20. The van der Waals surface area contributed by atoms with Crippen LogP contribution in [0.2, 0.25) is 0 Å². The summed E-state index contributed by atoms with van der Waals surface area (Å²) in [7, 11) is 1.64. The van der Waals surface area contributed by atoms with Gasteiger partial charge in [-0.1, -0.05) is 18.2 Å². The molecule has 4 heterocycles. The van der Waals surface area contributed by atoms with Gasteiger partial charge in [-0.2, -0.15) is 4.98 Å². The summed E-state index contributed by atoms with van der Waals surface area (Å²) in [5.41, 5.74) is 7.22. The van der Waals surface area contributed by atoms with E-state index in [-0.39, 0.29) is 12.6 Å². The molecular weight excluding hydrogens is 434 g/mol. The van der Waals surface area contributed by atoms with E-state index in [1.54, 1.807) is 7.05 Å². The minimum absolute atomic E-state index is 0.0575. The number of hydrogen-bond acceptors (Lipinski definition) is 7. The van der Waals surface area contributed by atoms with Crippen molar-refractivity contribution >= 4 is 28.7 Å². The first kappa shape index (κ1) is 22.4. The lowest BCUT2D eigenvalue weighted by Gasteiger charge is -2.32. The van der Waals surface area contributed by atoms with Gasteiger partial charge in [0.2, 0.25) is 11.8 Å². The molecule has 1 aromatic carbocycles. The number of aryl methyl sites for hydroxylation is 2. The highest BCUT2D eigenvalue weighted by Gasteiger charge is 2.32. The molecule has 2 N–H and O–H groups in total. The van der Waals surface area contributed by atoms with Gasteiger partial charge in [-0.25, -0.2) is 14.4 Å². The summed E-state index contributed by atoms with van der Waals surface area (Å²) in [6.45, 7) is 7.85. The van der Waals surface area contributed by atoms with E-state index in [1.807, 2.05) is 49.6 Å². The van der Waals surface area contributed by atoms with Gasteiger partial charge in [-0.05, 0) is 39.7 Å². The number of hydrogen-bond donors (Lipinski definition) is 1. The number of ether oxygens (including phenoxy) is 1. The van der Waals surface area contributed by atoms with Gasteiger partial charge < -0.3 is 19.9 Å². The van der Waals surface area contributed by atoms with E-state index >= 15 is 0 Å². The average molecular weight is 466 g/mol. The fraction of sp³-hybridized carbons (Fsp3) is 0.500. The van der Waals surface area contributed by atoms with Crippen LogP contribution in [0.3, 0.4) is 0 Å². The van der Waals surface area contributed by atoms with Gasteiger partial charge in [-0.15, -0.1) is 0 Å². The Morgan fingerprint density at radius 3 is 2.71 bits per heavy atom. The highest BCUT2D eigenvalue weighted by Crippen LogP contribution is 2.37. The molecule has 1 unspecified atom stereocenters. The Morgan fingerprint density at radius 2 is 1.97 bits per heavy atom. The summed E-state index contributed by atoms with van der Waals surface area (Å²) < 4.78 is 10.6. The Bertz CT molecular complexity index is 1410. The summed E-state index contributed by atoms with van der Waals surface area (Å²) in [6, 6.07) is 7.79. The Kier molecular flexibility index (Phi) is 5.35. The molecule has 10 heteroatoms. The number of rotatable bonds is 4. The fourth-order valence-electron chi connectivity index (χ4n) is 5.02.